The highest BCUT2D eigenvalue weighted by atomic mass is 79.9. The molecule has 1 aromatic carbocycles. The summed E-state index contributed by atoms with van der Waals surface area (Å²) >= 11 is 4.47. The lowest BCUT2D eigenvalue weighted by Gasteiger charge is -2.13. The van der Waals surface area contributed by atoms with Crippen LogP contribution in [-0.2, 0) is 16.4 Å². The Morgan fingerprint density at radius 2 is 1.95 bits per heavy atom. The van der Waals surface area contributed by atoms with Gasteiger partial charge in [0.1, 0.15) is 4.21 Å². The molecule has 0 bridgehead atoms. The average Bonchev–Trinajstić information content (AvgIpc) is 2.84. The summed E-state index contributed by atoms with van der Waals surface area (Å²) in [6, 6.07) is 11.7. The Morgan fingerprint density at radius 1 is 1.25 bits per heavy atom. The van der Waals surface area contributed by atoms with Gasteiger partial charge >= 0.3 is 0 Å². The lowest BCUT2D eigenvalue weighted by molar-refractivity contribution is 0.548. The minimum absolute atomic E-state index is 0.103. The Labute approximate surface area is 132 Å². The van der Waals surface area contributed by atoms with E-state index in [1.54, 1.807) is 11.4 Å². The lowest BCUT2D eigenvalue weighted by Crippen LogP contribution is -2.32. The molecule has 0 saturated heterocycles. The molecule has 1 N–H and O–H groups in total. The zero-order valence-corrected chi connectivity index (χ0v) is 14.3. The first-order valence-electron chi connectivity index (χ1n) is 6.28. The van der Waals surface area contributed by atoms with E-state index in [0.717, 1.165) is 12.8 Å². The van der Waals surface area contributed by atoms with E-state index in [4.69, 9.17) is 0 Å². The minimum atomic E-state index is -3.43. The molecular weight excluding hydrogens is 358 g/mol. The van der Waals surface area contributed by atoms with Crippen LogP contribution in [0.15, 0.2) is 50.5 Å². The molecule has 0 fully saturated rings. The number of thiophene rings is 1. The molecule has 0 aliphatic carbocycles. The second-order valence-electron chi connectivity index (χ2n) is 4.60. The highest BCUT2D eigenvalue weighted by Crippen LogP contribution is 2.27. The van der Waals surface area contributed by atoms with Crippen molar-refractivity contribution in [2.24, 2.45) is 0 Å². The van der Waals surface area contributed by atoms with Crippen LogP contribution in [0.1, 0.15) is 18.9 Å². The van der Waals surface area contributed by atoms with Crippen molar-refractivity contribution in [2.45, 2.75) is 30.0 Å². The van der Waals surface area contributed by atoms with E-state index in [-0.39, 0.29) is 6.04 Å². The van der Waals surface area contributed by atoms with Crippen LogP contribution in [0.25, 0.3) is 0 Å². The van der Waals surface area contributed by atoms with Gasteiger partial charge in [-0.2, -0.15) is 0 Å². The molecule has 0 amide bonds. The van der Waals surface area contributed by atoms with Crippen molar-refractivity contribution in [1.82, 2.24) is 4.72 Å². The number of nitrogens with one attached hydrogen (secondary N) is 1. The van der Waals surface area contributed by atoms with Gasteiger partial charge in [-0.3, -0.25) is 0 Å². The maximum absolute atomic E-state index is 12.2. The Bertz CT molecular complexity index is 653. The molecule has 2 aromatic rings. The summed E-state index contributed by atoms with van der Waals surface area (Å²) in [6.07, 6.45) is 1.63. The van der Waals surface area contributed by atoms with Crippen LogP contribution in [-0.4, -0.2) is 14.5 Å². The topological polar surface area (TPSA) is 46.2 Å². The van der Waals surface area contributed by atoms with E-state index in [0.29, 0.717) is 8.68 Å². The first-order chi connectivity index (χ1) is 9.49. The van der Waals surface area contributed by atoms with Crippen LogP contribution in [0, 0.1) is 0 Å². The molecule has 20 heavy (non-hydrogen) atoms. The minimum Gasteiger partial charge on any atom is -0.208 e. The highest BCUT2D eigenvalue weighted by Gasteiger charge is 2.21. The number of sulfonamides is 1. The molecule has 1 unspecified atom stereocenters. The number of rotatable bonds is 6. The first kappa shape index (κ1) is 15.7. The van der Waals surface area contributed by atoms with Crippen molar-refractivity contribution in [3.63, 3.8) is 0 Å². The van der Waals surface area contributed by atoms with Crippen LogP contribution in [0.5, 0.6) is 0 Å². The molecule has 0 saturated carbocycles. The van der Waals surface area contributed by atoms with E-state index in [9.17, 15) is 8.42 Å². The summed E-state index contributed by atoms with van der Waals surface area (Å²) in [7, 11) is -3.43. The summed E-state index contributed by atoms with van der Waals surface area (Å²) in [5.74, 6) is 0. The van der Waals surface area contributed by atoms with Gasteiger partial charge in [-0.25, -0.2) is 13.1 Å². The number of benzene rings is 1. The number of hydrogen-bond acceptors (Lipinski definition) is 3. The third kappa shape index (κ3) is 4.15. The molecule has 6 heteroatoms. The molecule has 2 rings (SSSR count). The molecule has 0 aliphatic heterocycles. The average molecular weight is 374 g/mol. The summed E-state index contributed by atoms with van der Waals surface area (Å²) in [5, 5.41) is 1.76. The maximum atomic E-state index is 12.2. The van der Waals surface area contributed by atoms with Crippen molar-refractivity contribution in [1.29, 1.82) is 0 Å². The van der Waals surface area contributed by atoms with Gasteiger partial charge < -0.3 is 0 Å². The van der Waals surface area contributed by atoms with E-state index >= 15 is 0 Å². The fraction of sp³-hybridized carbons (Fsp3) is 0.286. The third-order valence-electron chi connectivity index (χ3n) is 2.89. The van der Waals surface area contributed by atoms with Gasteiger partial charge in [-0.1, -0.05) is 30.3 Å². The van der Waals surface area contributed by atoms with Crippen LogP contribution in [0.3, 0.4) is 0 Å². The molecule has 108 valence electrons. The fourth-order valence-corrected chi connectivity index (χ4v) is 5.51. The summed E-state index contributed by atoms with van der Waals surface area (Å²) < 4.78 is 28.1. The number of halogens is 1. The van der Waals surface area contributed by atoms with Crippen molar-refractivity contribution >= 4 is 37.3 Å². The van der Waals surface area contributed by atoms with E-state index in [1.165, 1.54) is 16.9 Å². The smallest absolute Gasteiger partial charge is 0.208 e. The number of hydrogen-bond donors (Lipinski definition) is 1. The van der Waals surface area contributed by atoms with Gasteiger partial charge in [-0.15, -0.1) is 11.3 Å². The molecule has 1 aromatic heterocycles. The van der Waals surface area contributed by atoms with Gasteiger partial charge in [0, 0.05) is 10.5 Å². The standard InChI is InChI=1S/C14H16BrNO2S2/c1-11(7-8-12-5-3-2-4-6-12)16-20(17,18)14-13(15)9-10-19-14/h2-6,9-11,16H,7-8H2,1H3. The van der Waals surface area contributed by atoms with Crippen molar-refractivity contribution in [3.05, 3.63) is 51.8 Å². The van der Waals surface area contributed by atoms with Crippen LogP contribution in [0.2, 0.25) is 0 Å². The molecule has 0 aliphatic rings. The van der Waals surface area contributed by atoms with E-state index in [1.807, 2.05) is 25.1 Å². The zero-order valence-electron chi connectivity index (χ0n) is 11.0. The SMILES string of the molecule is CC(CCc1ccccc1)NS(=O)(=O)c1sccc1Br. The lowest BCUT2D eigenvalue weighted by atomic mass is 10.1. The van der Waals surface area contributed by atoms with Gasteiger partial charge in [0.15, 0.2) is 0 Å². The summed E-state index contributed by atoms with van der Waals surface area (Å²) in [5.41, 5.74) is 1.22. The fourth-order valence-electron chi connectivity index (χ4n) is 1.88. The van der Waals surface area contributed by atoms with Crippen molar-refractivity contribution in [2.75, 3.05) is 0 Å². The molecule has 3 nitrogen and oxygen atoms in total. The number of aryl methyl sites for hydroxylation is 1. The predicted octanol–water partition coefficient (Wildman–Crippen LogP) is 3.81. The van der Waals surface area contributed by atoms with Gasteiger partial charge in [-0.05, 0) is 52.7 Å². The van der Waals surface area contributed by atoms with Crippen molar-refractivity contribution in [3.8, 4) is 0 Å². The summed E-state index contributed by atoms with van der Waals surface area (Å²) in [4.78, 5) is 0. The largest absolute Gasteiger partial charge is 0.251 e. The Morgan fingerprint density at radius 3 is 2.55 bits per heavy atom. The normalized spacial score (nSPS) is 13.3. The molecule has 1 heterocycles. The molecule has 0 spiro atoms. The third-order valence-corrected chi connectivity index (χ3v) is 7.15. The molecule has 1 atom stereocenters. The second kappa shape index (κ2) is 6.85. The van der Waals surface area contributed by atoms with Crippen LogP contribution >= 0.6 is 27.3 Å². The molecular formula is C14H16BrNO2S2. The Kier molecular flexibility index (Phi) is 5.37. The first-order valence-corrected chi connectivity index (χ1v) is 9.44. The Balaban J connectivity index is 1.95. The van der Waals surface area contributed by atoms with Crippen LogP contribution < -0.4 is 4.72 Å². The van der Waals surface area contributed by atoms with Gasteiger partial charge in [0.2, 0.25) is 0 Å². The van der Waals surface area contributed by atoms with Gasteiger partial charge in [0.25, 0.3) is 10.0 Å². The maximum Gasteiger partial charge on any atom is 0.251 e. The predicted molar refractivity (Wildman–Crippen MR) is 86.6 cm³/mol. The van der Waals surface area contributed by atoms with Crippen molar-refractivity contribution < 1.29 is 8.42 Å². The molecule has 0 radical (unpaired) electrons. The van der Waals surface area contributed by atoms with E-state index < -0.39 is 10.0 Å². The van der Waals surface area contributed by atoms with Crippen LogP contribution in [0.4, 0.5) is 0 Å². The van der Waals surface area contributed by atoms with E-state index in [2.05, 4.69) is 32.8 Å². The zero-order chi connectivity index (χ0) is 14.6. The monoisotopic (exact) mass is 373 g/mol. The second-order valence-corrected chi connectivity index (χ2v) is 8.28. The Hall–Kier alpha value is -0.690. The highest BCUT2D eigenvalue weighted by molar-refractivity contribution is 9.10. The summed E-state index contributed by atoms with van der Waals surface area (Å²) in [6.45, 7) is 1.89. The van der Waals surface area contributed by atoms with Gasteiger partial charge in [0.05, 0.1) is 0 Å². The quantitative estimate of drug-likeness (QED) is 0.836.